The van der Waals surface area contributed by atoms with Crippen LogP contribution in [0.2, 0.25) is 0 Å². The van der Waals surface area contributed by atoms with Crippen LogP contribution in [-0.2, 0) is 10.0 Å². The second kappa shape index (κ2) is 7.94. The Hall–Kier alpha value is -2.36. The van der Waals surface area contributed by atoms with Gasteiger partial charge in [0.25, 0.3) is 0 Å². The monoisotopic (exact) mass is 416 g/mol. The molecule has 0 aliphatic heterocycles. The van der Waals surface area contributed by atoms with Gasteiger partial charge in [0.2, 0.25) is 15.2 Å². The normalized spacial score (nSPS) is 14.2. The lowest BCUT2D eigenvalue weighted by molar-refractivity contribution is 0.343. The van der Waals surface area contributed by atoms with Gasteiger partial charge in [0, 0.05) is 11.7 Å². The number of hydrogen-bond donors (Lipinski definition) is 1. The molecule has 2 N–H and O–H groups in total. The van der Waals surface area contributed by atoms with Gasteiger partial charge in [-0.15, -0.1) is 5.10 Å². The van der Waals surface area contributed by atoms with E-state index < -0.39 is 10.0 Å². The molecule has 28 heavy (non-hydrogen) atoms. The number of benzene rings is 2. The maximum absolute atomic E-state index is 11.3. The molecular weight excluding hydrogens is 396 g/mol. The van der Waals surface area contributed by atoms with Crippen molar-refractivity contribution in [3.05, 3.63) is 60.4 Å². The number of ether oxygens (including phenoxy) is 1. The number of thioether (sulfide) groups is 1. The molecule has 1 aliphatic carbocycles. The number of para-hydroxylation sites is 1. The first-order chi connectivity index (χ1) is 13.5. The van der Waals surface area contributed by atoms with Gasteiger partial charge in [0.05, 0.1) is 17.2 Å². The fourth-order valence-electron chi connectivity index (χ4n) is 2.75. The van der Waals surface area contributed by atoms with Crippen LogP contribution in [0.3, 0.4) is 0 Å². The minimum atomic E-state index is -3.69. The van der Waals surface area contributed by atoms with Crippen molar-refractivity contribution in [3.8, 4) is 11.4 Å². The van der Waals surface area contributed by atoms with E-state index in [9.17, 15) is 8.42 Å². The predicted octanol–water partition coefficient (Wildman–Crippen LogP) is 2.96. The van der Waals surface area contributed by atoms with Crippen LogP contribution in [-0.4, -0.2) is 35.5 Å². The van der Waals surface area contributed by atoms with Gasteiger partial charge in [-0.05, 0) is 49.2 Å². The molecule has 3 aromatic rings. The summed E-state index contributed by atoms with van der Waals surface area (Å²) >= 11 is 1.54. The Morgan fingerprint density at radius 2 is 1.82 bits per heavy atom. The van der Waals surface area contributed by atoms with Gasteiger partial charge < -0.3 is 4.74 Å². The maximum atomic E-state index is 11.3. The van der Waals surface area contributed by atoms with Crippen LogP contribution in [0.4, 0.5) is 0 Å². The van der Waals surface area contributed by atoms with E-state index in [4.69, 9.17) is 14.9 Å². The lowest BCUT2D eigenvalue weighted by Gasteiger charge is -2.05. The molecular formula is C19H20N4O3S2. The molecule has 0 radical (unpaired) electrons. The Bertz CT molecular complexity index is 1050. The number of nitrogens with two attached hydrogens (primary N) is 1. The first kappa shape index (κ1) is 19.0. The van der Waals surface area contributed by atoms with Crippen LogP contribution in [0.5, 0.6) is 5.75 Å². The fourth-order valence-corrected chi connectivity index (χ4v) is 3.91. The van der Waals surface area contributed by atoms with Crippen molar-refractivity contribution in [3.63, 3.8) is 0 Å². The van der Waals surface area contributed by atoms with Crippen LogP contribution in [0.15, 0.2) is 64.6 Å². The largest absolute Gasteiger partial charge is 0.493 e. The van der Waals surface area contributed by atoms with E-state index in [0.29, 0.717) is 24.0 Å². The number of hydrogen-bond acceptors (Lipinski definition) is 6. The van der Waals surface area contributed by atoms with Crippen molar-refractivity contribution >= 4 is 21.8 Å². The van der Waals surface area contributed by atoms with E-state index in [0.717, 1.165) is 29.5 Å². The predicted molar refractivity (Wildman–Crippen MR) is 107 cm³/mol. The van der Waals surface area contributed by atoms with Gasteiger partial charge in [-0.25, -0.2) is 23.2 Å². The van der Waals surface area contributed by atoms with E-state index in [1.807, 2.05) is 35.0 Å². The van der Waals surface area contributed by atoms with E-state index in [2.05, 4.69) is 5.10 Å². The third-order valence-electron chi connectivity index (χ3n) is 4.29. The van der Waals surface area contributed by atoms with E-state index >= 15 is 0 Å². The number of sulfonamides is 1. The molecule has 0 bridgehead atoms. The lowest BCUT2D eigenvalue weighted by atomic mass is 10.3. The average molecular weight is 417 g/mol. The van der Waals surface area contributed by atoms with Crippen molar-refractivity contribution in [1.82, 2.24) is 14.8 Å². The zero-order chi connectivity index (χ0) is 19.6. The summed E-state index contributed by atoms with van der Waals surface area (Å²) in [6.45, 7) is 0.456. The minimum absolute atomic E-state index is 0.0671. The second-order valence-electron chi connectivity index (χ2n) is 6.49. The first-order valence-electron chi connectivity index (χ1n) is 8.91. The van der Waals surface area contributed by atoms with Gasteiger partial charge in [0.1, 0.15) is 11.6 Å². The van der Waals surface area contributed by atoms with Crippen molar-refractivity contribution < 1.29 is 13.2 Å². The minimum Gasteiger partial charge on any atom is -0.493 e. The van der Waals surface area contributed by atoms with Crippen LogP contribution in [0.1, 0.15) is 24.6 Å². The molecule has 0 unspecified atom stereocenters. The SMILES string of the molecule is NS(=O)(=O)c1ccc(OCCSc2nc(C3CC3)n(-c3ccccc3)n2)cc1. The Morgan fingerprint density at radius 3 is 2.46 bits per heavy atom. The zero-order valence-corrected chi connectivity index (χ0v) is 16.7. The molecule has 7 nitrogen and oxygen atoms in total. The maximum Gasteiger partial charge on any atom is 0.238 e. The van der Waals surface area contributed by atoms with Gasteiger partial charge in [-0.3, -0.25) is 0 Å². The van der Waals surface area contributed by atoms with Gasteiger partial charge in [-0.1, -0.05) is 30.0 Å². The highest BCUT2D eigenvalue weighted by molar-refractivity contribution is 7.99. The highest BCUT2D eigenvalue weighted by atomic mass is 32.2. The Labute approximate surface area is 168 Å². The molecule has 0 spiro atoms. The Morgan fingerprint density at radius 1 is 1.11 bits per heavy atom. The molecule has 2 aromatic carbocycles. The highest BCUT2D eigenvalue weighted by Crippen LogP contribution is 2.40. The van der Waals surface area contributed by atoms with E-state index in [-0.39, 0.29) is 4.90 Å². The summed E-state index contributed by atoms with van der Waals surface area (Å²) in [6.07, 6.45) is 2.32. The van der Waals surface area contributed by atoms with Gasteiger partial charge >= 0.3 is 0 Å². The molecule has 1 fully saturated rings. The van der Waals surface area contributed by atoms with Crippen molar-refractivity contribution in [1.29, 1.82) is 0 Å². The van der Waals surface area contributed by atoms with Crippen LogP contribution in [0, 0.1) is 0 Å². The third kappa shape index (κ3) is 4.54. The summed E-state index contributed by atoms with van der Waals surface area (Å²) in [4.78, 5) is 4.78. The molecule has 0 atom stereocenters. The third-order valence-corrected chi connectivity index (χ3v) is 6.02. The highest BCUT2D eigenvalue weighted by Gasteiger charge is 2.30. The number of rotatable bonds is 8. The average Bonchev–Trinajstić information content (AvgIpc) is 3.45. The molecule has 1 saturated carbocycles. The molecule has 0 saturated heterocycles. The van der Waals surface area contributed by atoms with Crippen LogP contribution < -0.4 is 9.88 Å². The Balaban J connectivity index is 1.35. The molecule has 1 aliphatic rings. The van der Waals surface area contributed by atoms with E-state index in [1.54, 1.807) is 12.1 Å². The quantitative estimate of drug-likeness (QED) is 0.448. The zero-order valence-electron chi connectivity index (χ0n) is 15.1. The number of primary sulfonamides is 1. The summed E-state index contributed by atoms with van der Waals surface area (Å²) in [5, 5.41) is 10.5. The molecule has 0 amide bonds. The van der Waals surface area contributed by atoms with Gasteiger partial charge in [0.15, 0.2) is 0 Å². The molecule has 1 aromatic heterocycles. The number of aromatic nitrogens is 3. The summed E-state index contributed by atoms with van der Waals surface area (Å²) < 4.78 is 30.1. The summed E-state index contributed by atoms with van der Waals surface area (Å²) in [5.41, 5.74) is 1.02. The molecule has 1 heterocycles. The summed E-state index contributed by atoms with van der Waals surface area (Å²) in [7, 11) is -3.69. The summed E-state index contributed by atoms with van der Waals surface area (Å²) in [6, 6.07) is 16.1. The fraction of sp³-hybridized carbons (Fsp3) is 0.263. The van der Waals surface area contributed by atoms with E-state index in [1.165, 1.54) is 23.9 Å². The second-order valence-corrected chi connectivity index (χ2v) is 9.11. The van der Waals surface area contributed by atoms with Crippen molar-refractivity contribution in [2.45, 2.75) is 28.8 Å². The van der Waals surface area contributed by atoms with Crippen molar-refractivity contribution in [2.24, 2.45) is 5.14 Å². The van der Waals surface area contributed by atoms with Crippen LogP contribution >= 0.6 is 11.8 Å². The molecule has 146 valence electrons. The standard InChI is InChI=1S/C19H20N4O3S2/c20-28(24,25)17-10-8-16(9-11-17)26-12-13-27-19-21-18(14-6-7-14)23(22-19)15-4-2-1-3-5-15/h1-5,8-11,14H,6-7,12-13H2,(H2,20,24,25). The van der Waals surface area contributed by atoms with Crippen molar-refractivity contribution in [2.75, 3.05) is 12.4 Å². The Kier molecular flexibility index (Phi) is 5.38. The molecule has 4 rings (SSSR count). The van der Waals surface area contributed by atoms with Gasteiger partial charge in [-0.2, -0.15) is 0 Å². The topological polar surface area (TPSA) is 100 Å². The first-order valence-corrected chi connectivity index (χ1v) is 11.4. The van der Waals surface area contributed by atoms with Crippen LogP contribution in [0.25, 0.3) is 5.69 Å². The smallest absolute Gasteiger partial charge is 0.238 e. The molecule has 9 heteroatoms. The lowest BCUT2D eigenvalue weighted by Crippen LogP contribution is -2.11. The summed E-state index contributed by atoms with van der Waals surface area (Å²) in [5.74, 6) is 2.79. The number of nitrogens with zero attached hydrogens (tertiary/aromatic N) is 3.